The minimum absolute atomic E-state index is 0.0854. The van der Waals surface area contributed by atoms with Gasteiger partial charge in [0.15, 0.2) is 0 Å². The number of hydrogen-bond acceptors (Lipinski definition) is 4. The molecule has 0 fully saturated rings. The van der Waals surface area contributed by atoms with Crippen molar-refractivity contribution < 1.29 is 22.7 Å². The predicted octanol–water partition coefficient (Wildman–Crippen LogP) is 4.74. The van der Waals surface area contributed by atoms with Gasteiger partial charge in [-0.05, 0) is 23.7 Å². The van der Waals surface area contributed by atoms with E-state index in [1.54, 1.807) is 0 Å². The van der Waals surface area contributed by atoms with Gasteiger partial charge in [-0.1, -0.05) is 30.3 Å². The van der Waals surface area contributed by atoms with E-state index in [-0.39, 0.29) is 28.5 Å². The van der Waals surface area contributed by atoms with Gasteiger partial charge >= 0.3 is 12.1 Å². The van der Waals surface area contributed by atoms with Crippen LogP contribution in [0.1, 0.15) is 15.9 Å². The van der Waals surface area contributed by atoms with Crippen molar-refractivity contribution in [2.75, 3.05) is 6.61 Å². The third kappa shape index (κ3) is 3.86. The molecule has 1 aromatic heterocycles. The lowest BCUT2D eigenvalue weighted by atomic mass is 10.1. The Morgan fingerprint density at radius 2 is 2.14 bits per heavy atom. The normalized spacial score (nSPS) is 11.3. The second-order valence-electron chi connectivity index (χ2n) is 4.25. The lowest BCUT2D eigenvalue weighted by molar-refractivity contribution is -0.137. The molecule has 116 valence electrons. The van der Waals surface area contributed by atoms with E-state index in [0.717, 1.165) is 23.7 Å². The Morgan fingerprint density at radius 3 is 2.77 bits per heavy atom. The zero-order valence-corrected chi connectivity index (χ0v) is 12.6. The number of hydrogen-bond donors (Lipinski definition) is 0. The molecule has 0 unspecified atom stereocenters. The maximum absolute atomic E-state index is 12.7. The topological polar surface area (TPSA) is 39.2 Å². The molecule has 0 N–H and O–H groups in total. The standard InChI is InChI=1S/C14H9ClF3NO2S/c1-8(15)6-21-13(20)11-7-22-19-12(11)9-3-2-4-10(5-9)14(16,17)18/h2-5,7H,1,6H2. The van der Waals surface area contributed by atoms with Crippen LogP contribution in [-0.2, 0) is 10.9 Å². The molecule has 0 spiro atoms. The van der Waals surface area contributed by atoms with Crippen molar-refractivity contribution in [2.45, 2.75) is 6.18 Å². The van der Waals surface area contributed by atoms with Crippen LogP contribution in [0.25, 0.3) is 11.3 Å². The van der Waals surface area contributed by atoms with E-state index >= 15 is 0 Å². The summed E-state index contributed by atoms with van der Waals surface area (Å²) < 4.78 is 47.1. The van der Waals surface area contributed by atoms with Crippen molar-refractivity contribution in [2.24, 2.45) is 0 Å². The van der Waals surface area contributed by atoms with Crippen LogP contribution in [0.15, 0.2) is 41.3 Å². The third-order valence-corrected chi connectivity index (χ3v) is 3.35. The number of carbonyl (C=O) groups excluding carboxylic acids is 1. The van der Waals surface area contributed by atoms with Crippen molar-refractivity contribution in [3.8, 4) is 11.3 Å². The molecule has 0 aliphatic carbocycles. The summed E-state index contributed by atoms with van der Waals surface area (Å²) in [6, 6.07) is 4.59. The Kier molecular flexibility index (Phi) is 4.87. The van der Waals surface area contributed by atoms with Crippen molar-refractivity contribution in [3.05, 3.63) is 52.4 Å². The van der Waals surface area contributed by atoms with Crippen LogP contribution >= 0.6 is 23.1 Å². The first-order chi connectivity index (χ1) is 10.3. The van der Waals surface area contributed by atoms with Crippen LogP contribution in [0, 0.1) is 0 Å². The van der Waals surface area contributed by atoms with E-state index in [4.69, 9.17) is 16.3 Å². The van der Waals surface area contributed by atoms with E-state index in [9.17, 15) is 18.0 Å². The molecule has 0 amide bonds. The summed E-state index contributed by atoms with van der Waals surface area (Å²) in [5.41, 5.74) is -0.400. The van der Waals surface area contributed by atoms with E-state index in [2.05, 4.69) is 11.0 Å². The summed E-state index contributed by atoms with van der Waals surface area (Å²) >= 11 is 6.45. The number of aromatic nitrogens is 1. The average molecular weight is 348 g/mol. The Hall–Kier alpha value is -1.86. The fourth-order valence-corrected chi connectivity index (χ4v) is 2.38. The zero-order chi connectivity index (χ0) is 16.3. The summed E-state index contributed by atoms with van der Waals surface area (Å²) in [5.74, 6) is -0.719. The smallest absolute Gasteiger partial charge is 0.416 e. The molecule has 0 aliphatic heterocycles. The summed E-state index contributed by atoms with van der Waals surface area (Å²) in [6.45, 7) is 3.20. The van der Waals surface area contributed by atoms with E-state index < -0.39 is 17.7 Å². The Bertz CT molecular complexity index is 712. The number of carbonyl (C=O) groups is 1. The quantitative estimate of drug-likeness (QED) is 0.750. The maximum atomic E-state index is 12.7. The van der Waals surface area contributed by atoms with Gasteiger partial charge in [0.2, 0.25) is 0 Å². The molecule has 0 radical (unpaired) electrons. The fraction of sp³-hybridized carbons (Fsp3) is 0.143. The SMILES string of the molecule is C=C(Cl)COC(=O)c1csnc1-c1cccc(C(F)(F)F)c1. The van der Waals surface area contributed by atoms with Crippen molar-refractivity contribution in [1.29, 1.82) is 0 Å². The largest absolute Gasteiger partial charge is 0.456 e. The van der Waals surface area contributed by atoms with Crippen LogP contribution < -0.4 is 0 Å². The van der Waals surface area contributed by atoms with Gasteiger partial charge in [0.25, 0.3) is 0 Å². The molecule has 3 nitrogen and oxygen atoms in total. The van der Waals surface area contributed by atoms with Crippen LogP contribution in [0.2, 0.25) is 0 Å². The number of alkyl halides is 3. The van der Waals surface area contributed by atoms with Gasteiger partial charge in [-0.25, -0.2) is 4.79 Å². The highest BCUT2D eigenvalue weighted by atomic mass is 35.5. The van der Waals surface area contributed by atoms with Gasteiger partial charge in [0.05, 0.1) is 16.8 Å². The second kappa shape index (κ2) is 6.50. The lowest BCUT2D eigenvalue weighted by Crippen LogP contribution is -2.07. The van der Waals surface area contributed by atoms with Crippen molar-refractivity contribution in [3.63, 3.8) is 0 Å². The molecule has 2 aromatic rings. The Morgan fingerprint density at radius 1 is 1.41 bits per heavy atom. The van der Waals surface area contributed by atoms with Gasteiger partial charge < -0.3 is 4.74 Å². The Balaban J connectivity index is 2.33. The van der Waals surface area contributed by atoms with Crippen LogP contribution in [0.5, 0.6) is 0 Å². The zero-order valence-electron chi connectivity index (χ0n) is 11.0. The van der Waals surface area contributed by atoms with Crippen molar-refractivity contribution in [1.82, 2.24) is 4.37 Å². The van der Waals surface area contributed by atoms with Gasteiger partial charge in [-0.15, -0.1) is 0 Å². The molecule has 0 saturated carbocycles. The van der Waals surface area contributed by atoms with Gasteiger partial charge in [0, 0.05) is 16.0 Å². The molecule has 0 aliphatic rings. The first kappa shape index (κ1) is 16.5. The average Bonchev–Trinajstić information content (AvgIpc) is 2.93. The van der Waals surface area contributed by atoms with E-state index in [0.29, 0.717) is 0 Å². The highest BCUT2D eigenvalue weighted by molar-refractivity contribution is 7.04. The number of benzene rings is 1. The van der Waals surface area contributed by atoms with Gasteiger partial charge in [-0.2, -0.15) is 17.5 Å². The predicted molar refractivity (Wildman–Crippen MR) is 77.8 cm³/mol. The molecule has 1 heterocycles. The molecule has 0 atom stereocenters. The molecule has 0 bridgehead atoms. The molecule has 8 heteroatoms. The first-order valence-corrected chi connectivity index (χ1v) is 7.13. The number of halogens is 4. The second-order valence-corrected chi connectivity index (χ2v) is 5.41. The van der Waals surface area contributed by atoms with Gasteiger partial charge in [-0.3, -0.25) is 0 Å². The highest BCUT2D eigenvalue weighted by Crippen LogP contribution is 2.33. The number of rotatable bonds is 4. The Labute approximate surface area is 133 Å². The third-order valence-electron chi connectivity index (χ3n) is 2.61. The molecule has 22 heavy (non-hydrogen) atoms. The fourth-order valence-electron chi connectivity index (χ4n) is 1.65. The van der Waals surface area contributed by atoms with Crippen LogP contribution in [-0.4, -0.2) is 16.9 Å². The minimum atomic E-state index is -4.47. The van der Waals surface area contributed by atoms with Gasteiger partial charge in [0.1, 0.15) is 6.61 Å². The molecular weight excluding hydrogens is 339 g/mol. The number of esters is 1. The highest BCUT2D eigenvalue weighted by Gasteiger charge is 2.31. The minimum Gasteiger partial charge on any atom is -0.456 e. The number of ether oxygens (including phenoxy) is 1. The summed E-state index contributed by atoms with van der Waals surface area (Å²) in [7, 11) is 0. The summed E-state index contributed by atoms with van der Waals surface area (Å²) in [5, 5.41) is 1.55. The number of nitrogens with zero attached hydrogens (tertiary/aromatic N) is 1. The van der Waals surface area contributed by atoms with Crippen LogP contribution in [0.3, 0.4) is 0 Å². The van der Waals surface area contributed by atoms with Crippen molar-refractivity contribution >= 4 is 29.1 Å². The first-order valence-electron chi connectivity index (χ1n) is 5.91. The molecule has 1 aromatic carbocycles. The lowest BCUT2D eigenvalue weighted by Gasteiger charge is -2.08. The van der Waals surface area contributed by atoms with E-state index in [1.807, 2.05) is 0 Å². The summed E-state index contributed by atoms with van der Waals surface area (Å²) in [6.07, 6.45) is -4.47. The van der Waals surface area contributed by atoms with E-state index in [1.165, 1.54) is 17.5 Å². The summed E-state index contributed by atoms with van der Waals surface area (Å²) in [4.78, 5) is 11.9. The molecule has 2 rings (SSSR count). The molecular formula is C14H9ClF3NO2S. The van der Waals surface area contributed by atoms with Crippen LogP contribution in [0.4, 0.5) is 13.2 Å². The molecule has 0 saturated heterocycles. The maximum Gasteiger partial charge on any atom is 0.416 e. The monoisotopic (exact) mass is 347 g/mol.